The largest absolute Gasteiger partial charge is 0.394 e. The second-order valence-corrected chi connectivity index (χ2v) is 5.35. The fraction of sp³-hybridized carbons (Fsp3) is 0.533. The molecule has 1 aromatic carbocycles. The van der Waals surface area contributed by atoms with E-state index in [9.17, 15) is 9.90 Å². The highest BCUT2D eigenvalue weighted by molar-refractivity contribution is 5.96. The summed E-state index contributed by atoms with van der Waals surface area (Å²) in [5.41, 5.74) is 2.45. The van der Waals surface area contributed by atoms with Crippen LogP contribution < -0.4 is 5.32 Å². The Balaban J connectivity index is 2.19. The highest BCUT2D eigenvalue weighted by Gasteiger charge is 2.35. The molecule has 1 amide bonds. The summed E-state index contributed by atoms with van der Waals surface area (Å²) in [5, 5.41) is 12.6. The minimum absolute atomic E-state index is 0.0314. The summed E-state index contributed by atoms with van der Waals surface area (Å²) >= 11 is 0. The number of nitrogens with one attached hydrogen (secondary N) is 1. The fourth-order valence-corrected chi connectivity index (χ4v) is 2.68. The van der Waals surface area contributed by atoms with E-state index in [0.717, 1.165) is 42.4 Å². The summed E-state index contributed by atoms with van der Waals surface area (Å²) in [5.74, 6) is -0.0628. The molecule has 3 heteroatoms. The molecule has 18 heavy (non-hydrogen) atoms. The van der Waals surface area contributed by atoms with E-state index in [1.807, 2.05) is 32.0 Å². The molecule has 2 rings (SSSR count). The lowest BCUT2D eigenvalue weighted by Gasteiger charge is -2.28. The van der Waals surface area contributed by atoms with Crippen molar-refractivity contribution in [2.75, 3.05) is 6.61 Å². The van der Waals surface area contributed by atoms with Gasteiger partial charge in [-0.3, -0.25) is 4.79 Å². The number of hydrogen-bond acceptors (Lipinski definition) is 2. The quantitative estimate of drug-likeness (QED) is 0.861. The molecular weight excluding hydrogens is 226 g/mol. The average Bonchev–Trinajstić information content (AvgIpc) is 2.81. The summed E-state index contributed by atoms with van der Waals surface area (Å²) in [6.45, 7) is 4.00. The normalized spacial score (nSPS) is 17.7. The Labute approximate surface area is 108 Å². The highest BCUT2D eigenvalue weighted by Crippen LogP contribution is 2.29. The molecule has 2 N–H and O–H groups in total. The van der Waals surface area contributed by atoms with Crippen molar-refractivity contribution < 1.29 is 9.90 Å². The van der Waals surface area contributed by atoms with Crippen molar-refractivity contribution in [1.29, 1.82) is 0 Å². The molecule has 0 atom stereocenters. The maximum Gasteiger partial charge on any atom is 0.252 e. The predicted octanol–water partition coefficient (Wildman–Crippen LogP) is 2.34. The lowest BCUT2D eigenvalue weighted by atomic mass is 9.96. The summed E-state index contributed by atoms with van der Waals surface area (Å²) in [7, 11) is 0. The minimum atomic E-state index is -0.396. The fourth-order valence-electron chi connectivity index (χ4n) is 2.68. The van der Waals surface area contributed by atoms with Crippen LogP contribution in [-0.2, 0) is 0 Å². The van der Waals surface area contributed by atoms with Gasteiger partial charge in [-0.1, -0.05) is 25.0 Å². The van der Waals surface area contributed by atoms with Crippen LogP contribution in [0.3, 0.4) is 0 Å². The van der Waals surface area contributed by atoms with Crippen molar-refractivity contribution in [1.82, 2.24) is 5.32 Å². The van der Waals surface area contributed by atoms with Gasteiger partial charge in [-0.15, -0.1) is 0 Å². The van der Waals surface area contributed by atoms with E-state index < -0.39 is 5.54 Å². The van der Waals surface area contributed by atoms with Crippen molar-refractivity contribution >= 4 is 5.91 Å². The molecule has 0 aliphatic heterocycles. The SMILES string of the molecule is Cc1cccc(C(=O)NC2(CO)CCCC2)c1C. The molecule has 0 spiro atoms. The first kappa shape index (κ1) is 13.1. The molecule has 0 aromatic heterocycles. The number of aliphatic hydroxyl groups is 1. The van der Waals surface area contributed by atoms with Crippen LogP contribution >= 0.6 is 0 Å². The Morgan fingerprint density at radius 3 is 2.61 bits per heavy atom. The Kier molecular flexibility index (Phi) is 3.71. The Bertz CT molecular complexity index is 448. The number of carbonyl (C=O) groups excluding carboxylic acids is 1. The average molecular weight is 247 g/mol. The van der Waals surface area contributed by atoms with E-state index in [1.54, 1.807) is 0 Å². The third-order valence-electron chi connectivity index (χ3n) is 4.09. The number of aliphatic hydroxyl groups excluding tert-OH is 1. The van der Waals surface area contributed by atoms with Crippen molar-refractivity contribution in [3.05, 3.63) is 34.9 Å². The maximum atomic E-state index is 12.3. The number of benzene rings is 1. The van der Waals surface area contributed by atoms with Gasteiger partial charge in [-0.25, -0.2) is 0 Å². The standard InChI is InChI=1S/C15H21NO2/c1-11-6-5-7-13(12(11)2)14(18)16-15(10-17)8-3-4-9-15/h5-7,17H,3-4,8-10H2,1-2H3,(H,16,18). The molecule has 1 fully saturated rings. The van der Waals surface area contributed by atoms with Gasteiger partial charge in [0.15, 0.2) is 0 Å². The molecule has 1 saturated carbocycles. The van der Waals surface area contributed by atoms with Gasteiger partial charge in [0.25, 0.3) is 5.91 Å². The van der Waals surface area contributed by atoms with Gasteiger partial charge in [0.05, 0.1) is 12.1 Å². The number of rotatable bonds is 3. The Hall–Kier alpha value is -1.35. The van der Waals surface area contributed by atoms with E-state index in [1.165, 1.54) is 0 Å². The van der Waals surface area contributed by atoms with E-state index >= 15 is 0 Å². The van der Waals surface area contributed by atoms with Crippen molar-refractivity contribution in [2.45, 2.75) is 45.1 Å². The highest BCUT2D eigenvalue weighted by atomic mass is 16.3. The van der Waals surface area contributed by atoms with Gasteiger partial charge in [-0.2, -0.15) is 0 Å². The van der Waals surface area contributed by atoms with E-state index in [2.05, 4.69) is 5.32 Å². The smallest absolute Gasteiger partial charge is 0.252 e. The van der Waals surface area contributed by atoms with Gasteiger partial charge < -0.3 is 10.4 Å². The molecule has 0 bridgehead atoms. The molecule has 0 unspecified atom stereocenters. The van der Waals surface area contributed by atoms with Gasteiger partial charge in [0.2, 0.25) is 0 Å². The van der Waals surface area contributed by atoms with Gasteiger partial charge in [0.1, 0.15) is 0 Å². The first-order valence-corrected chi connectivity index (χ1v) is 6.58. The molecule has 3 nitrogen and oxygen atoms in total. The minimum Gasteiger partial charge on any atom is -0.394 e. The Morgan fingerprint density at radius 2 is 2.00 bits per heavy atom. The number of amides is 1. The third kappa shape index (κ3) is 2.41. The number of hydrogen-bond donors (Lipinski definition) is 2. The zero-order chi connectivity index (χ0) is 13.2. The monoisotopic (exact) mass is 247 g/mol. The van der Waals surface area contributed by atoms with Crippen LogP contribution in [0, 0.1) is 13.8 Å². The van der Waals surface area contributed by atoms with Gasteiger partial charge in [0, 0.05) is 5.56 Å². The van der Waals surface area contributed by atoms with E-state index in [4.69, 9.17) is 0 Å². The molecule has 0 heterocycles. The second-order valence-electron chi connectivity index (χ2n) is 5.35. The van der Waals surface area contributed by atoms with E-state index in [0.29, 0.717) is 0 Å². The molecule has 1 aliphatic carbocycles. The van der Waals surface area contributed by atoms with Crippen molar-refractivity contribution in [2.24, 2.45) is 0 Å². The molecular formula is C15H21NO2. The number of aryl methyl sites for hydroxylation is 1. The topological polar surface area (TPSA) is 49.3 Å². The summed E-state index contributed by atoms with van der Waals surface area (Å²) in [6, 6.07) is 5.75. The lowest BCUT2D eigenvalue weighted by Crippen LogP contribution is -2.49. The van der Waals surface area contributed by atoms with Crippen LogP contribution in [0.5, 0.6) is 0 Å². The van der Waals surface area contributed by atoms with Crippen LogP contribution in [-0.4, -0.2) is 23.2 Å². The molecule has 98 valence electrons. The first-order valence-electron chi connectivity index (χ1n) is 6.58. The zero-order valence-electron chi connectivity index (χ0n) is 11.1. The summed E-state index contributed by atoms with van der Waals surface area (Å²) in [6.07, 6.45) is 3.90. The van der Waals surface area contributed by atoms with Crippen LogP contribution in [0.15, 0.2) is 18.2 Å². The van der Waals surface area contributed by atoms with Crippen LogP contribution in [0.1, 0.15) is 47.2 Å². The van der Waals surface area contributed by atoms with E-state index in [-0.39, 0.29) is 12.5 Å². The van der Waals surface area contributed by atoms with Gasteiger partial charge in [-0.05, 0) is 43.9 Å². The maximum absolute atomic E-state index is 12.3. The predicted molar refractivity (Wildman–Crippen MR) is 71.7 cm³/mol. The number of carbonyl (C=O) groups is 1. The van der Waals surface area contributed by atoms with Crippen LogP contribution in [0.25, 0.3) is 0 Å². The van der Waals surface area contributed by atoms with Gasteiger partial charge >= 0.3 is 0 Å². The molecule has 1 aliphatic rings. The van der Waals surface area contributed by atoms with Crippen LogP contribution in [0.2, 0.25) is 0 Å². The lowest BCUT2D eigenvalue weighted by molar-refractivity contribution is 0.0838. The second kappa shape index (κ2) is 5.11. The molecule has 1 aromatic rings. The summed E-state index contributed by atoms with van der Waals surface area (Å²) in [4.78, 5) is 12.3. The Morgan fingerprint density at radius 1 is 1.33 bits per heavy atom. The zero-order valence-corrected chi connectivity index (χ0v) is 11.1. The molecule has 0 saturated heterocycles. The third-order valence-corrected chi connectivity index (χ3v) is 4.09. The summed E-state index contributed by atoms with van der Waals surface area (Å²) < 4.78 is 0. The first-order chi connectivity index (χ1) is 8.58. The van der Waals surface area contributed by atoms with Crippen molar-refractivity contribution in [3.8, 4) is 0 Å². The van der Waals surface area contributed by atoms with Crippen LogP contribution in [0.4, 0.5) is 0 Å². The molecule has 0 radical (unpaired) electrons. The van der Waals surface area contributed by atoms with Crippen molar-refractivity contribution in [3.63, 3.8) is 0 Å².